The van der Waals surface area contributed by atoms with Gasteiger partial charge in [0.1, 0.15) is 5.69 Å². The lowest BCUT2D eigenvalue weighted by atomic mass is 10.1. The number of aromatic nitrogens is 1. The van der Waals surface area contributed by atoms with E-state index in [0.29, 0.717) is 4.47 Å². The fraction of sp³-hybridized carbons (Fsp3) is 0.400. The van der Waals surface area contributed by atoms with Gasteiger partial charge in [0.25, 0.3) is 6.43 Å². The Morgan fingerprint density at radius 3 is 2.88 bits per heavy atom. The molecule has 6 heteroatoms. The molecule has 0 atom stereocenters. The van der Waals surface area contributed by atoms with Crippen molar-refractivity contribution in [1.82, 2.24) is 4.98 Å². The Kier molecular flexibility index (Phi) is 4.79. The van der Waals surface area contributed by atoms with Crippen LogP contribution >= 0.6 is 15.9 Å². The first kappa shape index (κ1) is 13.0. The van der Waals surface area contributed by atoms with Gasteiger partial charge in [0.05, 0.1) is 13.0 Å². The minimum Gasteiger partial charge on any atom is -0.466 e. The van der Waals surface area contributed by atoms with E-state index in [-0.39, 0.29) is 24.3 Å². The van der Waals surface area contributed by atoms with E-state index in [4.69, 9.17) is 4.74 Å². The number of hydrogen-bond acceptors (Lipinski definition) is 3. The third-order valence-electron chi connectivity index (χ3n) is 1.81. The zero-order valence-electron chi connectivity index (χ0n) is 8.54. The van der Waals surface area contributed by atoms with Crippen molar-refractivity contribution >= 4 is 21.9 Å². The number of carbonyl (C=O) groups excluding carboxylic acids is 1. The topological polar surface area (TPSA) is 39.2 Å². The molecule has 0 saturated heterocycles. The molecule has 1 aromatic heterocycles. The standard InChI is InChI=1S/C10H10BrF2NO2/c1-2-16-8(15)4-6-3-7(11)5-14-9(6)10(12)13/h3,5,10H,2,4H2,1H3. The zero-order chi connectivity index (χ0) is 12.1. The number of alkyl halides is 2. The Labute approximate surface area is 99.9 Å². The Balaban J connectivity index is 2.92. The van der Waals surface area contributed by atoms with Gasteiger partial charge in [0.2, 0.25) is 0 Å². The summed E-state index contributed by atoms with van der Waals surface area (Å²) in [6.07, 6.45) is -1.62. The first-order valence-corrected chi connectivity index (χ1v) is 5.42. The fourth-order valence-electron chi connectivity index (χ4n) is 1.20. The van der Waals surface area contributed by atoms with Gasteiger partial charge in [-0.15, -0.1) is 0 Å². The maximum atomic E-state index is 12.6. The van der Waals surface area contributed by atoms with Crippen LogP contribution in [0.3, 0.4) is 0 Å². The fourth-order valence-corrected chi connectivity index (χ4v) is 1.58. The summed E-state index contributed by atoms with van der Waals surface area (Å²) in [5.74, 6) is -0.538. The van der Waals surface area contributed by atoms with Crippen molar-refractivity contribution in [3.8, 4) is 0 Å². The zero-order valence-corrected chi connectivity index (χ0v) is 10.1. The van der Waals surface area contributed by atoms with Gasteiger partial charge >= 0.3 is 5.97 Å². The van der Waals surface area contributed by atoms with Crippen LogP contribution in [-0.4, -0.2) is 17.6 Å². The summed E-state index contributed by atoms with van der Waals surface area (Å²) in [6, 6.07) is 1.45. The molecule has 0 N–H and O–H groups in total. The molecule has 0 spiro atoms. The normalized spacial score (nSPS) is 10.6. The van der Waals surface area contributed by atoms with Crippen LogP contribution < -0.4 is 0 Å². The maximum absolute atomic E-state index is 12.6. The molecule has 0 bridgehead atoms. The number of pyridine rings is 1. The predicted octanol–water partition coefficient (Wildman–Crippen LogP) is 2.89. The highest BCUT2D eigenvalue weighted by Gasteiger charge is 2.17. The van der Waals surface area contributed by atoms with E-state index in [1.165, 1.54) is 12.3 Å². The molecule has 0 fully saturated rings. The maximum Gasteiger partial charge on any atom is 0.310 e. The third-order valence-corrected chi connectivity index (χ3v) is 2.25. The summed E-state index contributed by atoms with van der Waals surface area (Å²) < 4.78 is 30.4. The minimum atomic E-state index is -2.70. The van der Waals surface area contributed by atoms with E-state index in [0.717, 1.165) is 0 Å². The molecular weight excluding hydrogens is 284 g/mol. The molecule has 0 aromatic carbocycles. The Bertz CT molecular complexity index is 385. The van der Waals surface area contributed by atoms with Crippen molar-refractivity contribution < 1.29 is 18.3 Å². The van der Waals surface area contributed by atoms with Crippen LogP contribution in [0.15, 0.2) is 16.7 Å². The molecule has 88 valence electrons. The van der Waals surface area contributed by atoms with Crippen molar-refractivity contribution in [2.45, 2.75) is 19.8 Å². The highest BCUT2D eigenvalue weighted by atomic mass is 79.9. The highest BCUT2D eigenvalue weighted by molar-refractivity contribution is 9.10. The lowest BCUT2D eigenvalue weighted by Crippen LogP contribution is -2.10. The van der Waals surface area contributed by atoms with Gasteiger partial charge < -0.3 is 4.74 Å². The molecule has 0 aliphatic rings. The van der Waals surface area contributed by atoms with E-state index < -0.39 is 12.4 Å². The molecule has 3 nitrogen and oxygen atoms in total. The van der Waals surface area contributed by atoms with Gasteiger partial charge in [-0.2, -0.15) is 0 Å². The van der Waals surface area contributed by atoms with E-state index in [1.807, 2.05) is 0 Å². The van der Waals surface area contributed by atoms with Crippen molar-refractivity contribution in [1.29, 1.82) is 0 Å². The number of halogens is 3. The lowest BCUT2D eigenvalue weighted by Gasteiger charge is -2.07. The Morgan fingerprint density at radius 2 is 2.31 bits per heavy atom. The Morgan fingerprint density at radius 1 is 1.62 bits per heavy atom. The molecule has 0 aliphatic carbocycles. The second kappa shape index (κ2) is 5.89. The summed E-state index contributed by atoms with van der Waals surface area (Å²) in [5.41, 5.74) is -0.195. The van der Waals surface area contributed by atoms with E-state index in [9.17, 15) is 13.6 Å². The molecule has 0 radical (unpaired) electrons. The number of esters is 1. The monoisotopic (exact) mass is 293 g/mol. The van der Waals surface area contributed by atoms with Crippen molar-refractivity contribution in [2.24, 2.45) is 0 Å². The summed E-state index contributed by atoms with van der Waals surface area (Å²) >= 11 is 3.11. The van der Waals surface area contributed by atoms with Crippen LogP contribution in [0, 0.1) is 0 Å². The van der Waals surface area contributed by atoms with Crippen LogP contribution in [0.1, 0.15) is 24.6 Å². The predicted molar refractivity (Wildman–Crippen MR) is 57.2 cm³/mol. The summed E-state index contributed by atoms with van der Waals surface area (Å²) in [4.78, 5) is 14.8. The molecular formula is C10H10BrF2NO2. The highest BCUT2D eigenvalue weighted by Crippen LogP contribution is 2.23. The number of carbonyl (C=O) groups is 1. The minimum absolute atomic E-state index is 0.183. The lowest BCUT2D eigenvalue weighted by molar-refractivity contribution is -0.142. The van der Waals surface area contributed by atoms with E-state index >= 15 is 0 Å². The van der Waals surface area contributed by atoms with E-state index in [1.54, 1.807) is 6.92 Å². The van der Waals surface area contributed by atoms with E-state index in [2.05, 4.69) is 20.9 Å². The van der Waals surface area contributed by atoms with Gasteiger partial charge in [0, 0.05) is 10.7 Å². The molecule has 0 unspecified atom stereocenters. The number of nitrogens with zero attached hydrogens (tertiary/aromatic N) is 1. The smallest absolute Gasteiger partial charge is 0.310 e. The second-order valence-electron chi connectivity index (χ2n) is 2.98. The first-order chi connectivity index (χ1) is 7.54. The average molecular weight is 294 g/mol. The number of ether oxygens (including phenoxy) is 1. The van der Waals surface area contributed by atoms with Gasteiger partial charge in [-0.25, -0.2) is 8.78 Å². The second-order valence-corrected chi connectivity index (χ2v) is 3.90. The van der Waals surface area contributed by atoms with Crippen LogP contribution in [0.25, 0.3) is 0 Å². The van der Waals surface area contributed by atoms with Gasteiger partial charge in [-0.1, -0.05) is 0 Å². The number of hydrogen-bond donors (Lipinski definition) is 0. The first-order valence-electron chi connectivity index (χ1n) is 4.62. The molecule has 0 saturated carbocycles. The van der Waals surface area contributed by atoms with Crippen molar-refractivity contribution in [3.05, 3.63) is 28.0 Å². The SMILES string of the molecule is CCOC(=O)Cc1cc(Br)cnc1C(F)F. The van der Waals surface area contributed by atoms with Crippen LogP contribution in [0.5, 0.6) is 0 Å². The van der Waals surface area contributed by atoms with Crippen LogP contribution in [0.4, 0.5) is 8.78 Å². The molecule has 1 heterocycles. The number of rotatable bonds is 4. The Hall–Kier alpha value is -1.04. The van der Waals surface area contributed by atoms with Gasteiger partial charge in [0.15, 0.2) is 0 Å². The summed E-state index contributed by atoms with van der Waals surface area (Å²) in [5, 5.41) is 0. The molecule has 1 rings (SSSR count). The van der Waals surface area contributed by atoms with Crippen molar-refractivity contribution in [2.75, 3.05) is 6.61 Å². The average Bonchev–Trinajstić information content (AvgIpc) is 2.17. The summed E-state index contributed by atoms with van der Waals surface area (Å²) in [7, 11) is 0. The van der Waals surface area contributed by atoms with Gasteiger partial charge in [-0.05, 0) is 34.5 Å². The van der Waals surface area contributed by atoms with Crippen molar-refractivity contribution in [3.63, 3.8) is 0 Å². The molecule has 0 aliphatic heterocycles. The van der Waals surface area contributed by atoms with Gasteiger partial charge in [-0.3, -0.25) is 9.78 Å². The molecule has 0 amide bonds. The summed E-state index contributed by atoms with van der Waals surface area (Å²) in [6.45, 7) is 1.88. The molecule has 1 aromatic rings. The largest absolute Gasteiger partial charge is 0.466 e. The van der Waals surface area contributed by atoms with Crippen LogP contribution in [-0.2, 0) is 16.0 Å². The quantitative estimate of drug-likeness (QED) is 0.802. The third kappa shape index (κ3) is 3.52. The molecule has 16 heavy (non-hydrogen) atoms. The van der Waals surface area contributed by atoms with Crippen LogP contribution in [0.2, 0.25) is 0 Å².